The molecule has 0 aliphatic heterocycles. The molecule has 1 heterocycles. The van der Waals surface area contributed by atoms with Crippen LogP contribution >= 0.6 is 0 Å². The topological polar surface area (TPSA) is 78.0 Å². The molecule has 0 radical (unpaired) electrons. The van der Waals surface area contributed by atoms with Crippen molar-refractivity contribution < 1.29 is 8.42 Å². The second-order valence-corrected chi connectivity index (χ2v) is 7.55. The Labute approximate surface area is 125 Å². The van der Waals surface area contributed by atoms with Gasteiger partial charge in [0, 0.05) is 19.0 Å². The summed E-state index contributed by atoms with van der Waals surface area (Å²) in [6.07, 6.45) is 6.03. The van der Waals surface area contributed by atoms with E-state index in [1.165, 1.54) is 11.8 Å². The van der Waals surface area contributed by atoms with E-state index >= 15 is 0 Å². The molecular weight excluding hydrogens is 286 g/mol. The van der Waals surface area contributed by atoms with Crippen LogP contribution in [0.25, 0.3) is 0 Å². The molecule has 114 valence electrons. The molecule has 0 fully saturated rings. The normalized spacial score (nSPS) is 13.2. The van der Waals surface area contributed by atoms with E-state index in [4.69, 9.17) is 5.73 Å². The average molecular weight is 307 g/mol. The average Bonchev–Trinajstić information content (AvgIpc) is 2.87. The van der Waals surface area contributed by atoms with Crippen LogP contribution in [0.2, 0.25) is 0 Å². The van der Waals surface area contributed by atoms with Gasteiger partial charge in [0.05, 0.1) is 23.8 Å². The van der Waals surface area contributed by atoms with E-state index in [2.05, 4.69) is 4.98 Å². The maximum atomic E-state index is 11.2. The van der Waals surface area contributed by atoms with Gasteiger partial charge in [0.2, 0.25) is 0 Å². The summed E-state index contributed by atoms with van der Waals surface area (Å²) in [6, 6.07) is 9.91. The number of hydrogen-bond donors (Lipinski definition) is 1. The van der Waals surface area contributed by atoms with E-state index in [1.807, 2.05) is 34.9 Å². The molecule has 0 spiro atoms. The molecule has 2 N–H and O–H groups in total. The fraction of sp³-hybridized carbons (Fsp3) is 0.400. The molecule has 1 atom stereocenters. The number of nitrogens with zero attached hydrogens (tertiary/aromatic N) is 2. The summed E-state index contributed by atoms with van der Waals surface area (Å²) in [5.41, 5.74) is 8.36. The molecule has 0 saturated carbocycles. The maximum Gasteiger partial charge on any atom is 0.147 e. The van der Waals surface area contributed by atoms with Gasteiger partial charge in [0.25, 0.3) is 0 Å². The number of aryl methyl sites for hydroxylation is 1. The first kappa shape index (κ1) is 15.7. The lowest BCUT2D eigenvalue weighted by Crippen LogP contribution is -2.18. The third-order valence-corrected chi connectivity index (χ3v) is 4.37. The van der Waals surface area contributed by atoms with Gasteiger partial charge in [-0.05, 0) is 18.4 Å². The standard InChI is InChI=1S/C15H21N3O2S/c1-21(19,20)9-5-8-18-12-17-11-15(18)14(16)10-13-6-3-2-4-7-13/h2-4,6-7,11-12,14H,5,8-10,16H2,1H3/t14-/m1/s1. The Morgan fingerprint density at radius 3 is 2.67 bits per heavy atom. The van der Waals surface area contributed by atoms with Crippen LogP contribution in [0.15, 0.2) is 42.9 Å². The number of sulfone groups is 1. The molecule has 5 nitrogen and oxygen atoms in total. The van der Waals surface area contributed by atoms with Crippen LogP contribution in [-0.4, -0.2) is 30.0 Å². The predicted octanol–water partition coefficient (Wildman–Crippen LogP) is 1.56. The first-order valence-electron chi connectivity index (χ1n) is 6.93. The highest BCUT2D eigenvalue weighted by molar-refractivity contribution is 7.90. The second-order valence-electron chi connectivity index (χ2n) is 5.29. The number of aromatic nitrogens is 2. The minimum absolute atomic E-state index is 0.145. The van der Waals surface area contributed by atoms with E-state index in [1.54, 1.807) is 12.5 Å². The van der Waals surface area contributed by atoms with Gasteiger partial charge in [-0.15, -0.1) is 0 Å². The van der Waals surface area contributed by atoms with Crippen LogP contribution < -0.4 is 5.73 Å². The Balaban J connectivity index is 1.99. The zero-order valence-corrected chi connectivity index (χ0v) is 13.0. The Morgan fingerprint density at radius 2 is 2.00 bits per heavy atom. The number of nitrogens with two attached hydrogens (primary N) is 1. The third kappa shape index (κ3) is 4.99. The van der Waals surface area contributed by atoms with Crippen molar-refractivity contribution in [2.45, 2.75) is 25.4 Å². The first-order chi connectivity index (χ1) is 9.96. The molecule has 6 heteroatoms. The van der Waals surface area contributed by atoms with Gasteiger partial charge in [0.1, 0.15) is 9.84 Å². The summed E-state index contributed by atoms with van der Waals surface area (Å²) in [6.45, 7) is 0.616. The minimum atomic E-state index is -2.92. The lowest BCUT2D eigenvalue weighted by Gasteiger charge is -2.14. The molecule has 0 bridgehead atoms. The summed E-state index contributed by atoms with van der Waals surface area (Å²) in [5, 5.41) is 0. The van der Waals surface area contributed by atoms with E-state index in [-0.39, 0.29) is 11.8 Å². The number of imidazole rings is 1. The smallest absolute Gasteiger partial charge is 0.147 e. The van der Waals surface area contributed by atoms with Crippen molar-refractivity contribution in [3.05, 3.63) is 54.1 Å². The molecule has 2 aromatic rings. The molecule has 0 unspecified atom stereocenters. The van der Waals surface area contributed by atoms with Crippen molar-refractivity contribution >= 4 is 9.84 Å². The van der Waals surface area contributed by atoms with Gasteiger partial charge in [-0.1, -0.05) is 30.3 Å². The van der Waals surface area contributed by atoms with Crippen molar-refractivity contribution in [1.29, 1.82) is 0 Å². The molecule has 0 aliphatic rings. The van der Waals surface area contributed by atoms with Gasteiger partial charge in [-0.2, -0.15) is 0 Å². The van der Waals surface area contributed by atoms with Gasteiger partial charge >= 0.3 is 0 Å². The molecule has 0 saturated heterocycles. The summed E-state index contributed by atoms with van der Waals surface area (Å²) >= 11 is 0. The number of hydrogen-bond acceptors (Lipinski definition) is 4. The second kappa shape index (κ2) is 6.87. The Morgan fingerprint density at radius 1 is 1.29 bits per heavy atom. The number of rotatable bonds is 7. The van der Waals surface area contributed by atoms with Gasteiger partial charge in [-0.25, -0.2) is 13.4 Å². The zero-order valence-electron chi connectivity index (χ0n) is 12.1. The molecule has 1 aromatic heterocycles. The minimum Gasteiger partial charge on any atom is -0.333 e. The van der Waals surface area contributed by atoms with Crippen LogP contribution in [-0.2, 0) is 22.8 Å². The Kier molecular flexibility index (Phi) is 5.14. The molecule has 0 amide bonds. The largest absolute Gasteiger partial charge is 0.333 e. The summed E-state index contributed by atoms with van der Waals surface area (Å²) in [7, 11) is -2.92. The van der Waals surface area contributed by atoms with Crippen LogP contribution in [0.1, 0.15) is 23.7 Å². The van der Waals surface area contributed by atoms with Crippen LogP contribution in [0.3, 0.4) is 0 Å². The molecule has 21 heavy (non-hydrogen) atoms. The van der Waals surface area contributed by atoms with Crippen molar-refractivity contribution in [2.75, 3.05) is 12.0 Å². The van der Waals surface area contributed by atoms with Gasteiger partial charge in [0.15, 0.2) is 0 Å². The molecule has 2 rings (SSSR count). The third-order valence-electron chi connectivity index (χ3n) is 3.34. The SMILES string of the molecule is CS(=O)(=O)CCCn1cncc1[C@H](N)Cc1ccccc1. The van der Waals surface area contributed by atoms with Crippen molar-refractivity contribution in [1.82, 2.24) is 9.55 Å². The lowest BCUT2D eigenvalue weighted by atomic mass is 10.0. The Bertz CT molecular complexity index is 665. The van der Waals surface area contributed by atoms with E-state index in [9.17, 15) is 8.42 Å². The van der Waals surface area contributed by atoms with E-state index in [0.717, 1.165) is 12.1 Å². The maximum absolute atomic E-state index is 11.2. The van der Waals surface area contributed by atoms with Crippen molar-refractivity contribution in [3.8, 4) is 0 Å². The monoisotopic (exact) mass is 307 g/mol. The fourth-order valence-electron chi connectivity index (χ4n) is 2.30. The molecular formula is C15H21N3O2S. The first-order valence-corrected chi connectivity index (χ1v) is 8.99. The van der Waals surface area contributed by atoms with Crippen LogP contribution in [0.5, 0.6) is 0 Å². The van der Waals surface area contributed by atoms with E-state index in [0.29, 0.717) is 13.0 Å². The quantitative estimate of drug-likeness (QED) is 0.842. The van der Waals surface area contributed by atoms with Gasteiger partial charge < -0.3 is 10.3 Å². The van der Waals surface area contributed by atoms with Crippen LogP contribution in [0, 0.1) is 0 Å². The van der Waals surface area contributed by atoms with Crippen molar-refractivity contribution in [2.24, 2.45) is 5.73 Å². The summed E-state index contributed by atoms with van der Waals surface area (Å²) < 4.78 is 24.3. The molecule has 1 aromatic carbocycles. The highest BCUT2D eigenvalue weighted by atomic mass is 32.2. The van der Waals surface area contributed by atoms with Gasteiger partial charge in [-0.3, -0.25) is 0 Å². The zero-order chi connectivity index (χ0) is 15.3. The van der Waals surface area contributed by atoms with Crippen molar-refractivity contribution in [3.63, 3.8) is 0 Å². The fourth-order valence-corrected chi connectivity index (χ4v) is 2.95. The van der Waals surface area contributed by atoms with Crippen LogP contribution in [0.4, 0.5) is 0 Å². The predicted molar refractivity (Wildman–Crippen MR) is 83.6 cm³/mol. The highest BCUT2D eigenvalue weighted by Gasteiger charge is 2.12. The Hall–Kier alpha value is -1.66. The lowest BCUT2D eigenvalue weighted by molar-refractivity contribution is 0.574. The van der Waals surface area contributed by atoms with E-state index < -0.39 is 9.84 Å². The summed E-state index contributed by atoms with van der Waals surface area (Å²) in [4.78, 5) is 4.13. The number of benzene rings is 1. The highest BCUT2D eigenvalue weighted by Crippen LogP contribution is 2.16. The molecule has 0 aliphatic carbocycles. The summed E-state index contributed by atoms with van der Waals surface area (Å²) in [5.74, 6) is 0.179.